The molecule has 0 spiro atoms. The number of carbonyl (C=O) groups excluding carboxylic acids is 1. The Labute approximate surface area is 161 Å². The Kier molecular flexibility index (Phi) is 5.66. The van der Waals surface area contributed by atoms with E-state index in [1.165, 1.54) is 5.56 Å². The van der Waals surface area contributed by atoms with Gasteiger partial charge in [-0.2, -0.15) is 5.26 Å². The lowest BCUT2D eigenvalue weighted by Crippen LogP contribution is -2.50. The van der Waals surface area contributed by atoms with Crippen LogP contribution in [-0.4, -0.2) is 37.1 Å². The molecule has 2 aromatic carbocycles. The summed E-state index contributed by atoms with van der Waals surface area (Å²) in [7, 11) is 0. The van der Waals surface area contributed by atoms with E-state index in [0.29, 0.717) is 24.6 Å². The second kappa shape index (κ2) is 8.13. The van der Waals surface area contributed by atoms with Gasteiger partial charge in [0.05, 0.1) is 11.6 Å². The highest BCUT2D eigenvalue weighted by molar-refractivity contribution is 5.91. The van der Waals surface area contributed by atoms with Gasteiger partial charge in [-0.15, -0.1) is 0 Å². The number of hydrogen-bond donors (Lipinski definition) is 1. The number of anilines is 2. The largest absolute Gasteiger partial charge is 0.368 e. The van der Waals surface area contributed by atoms with Crippen LogP contribution in [0, 0.1) is 18.3 Å². The third-order valence-corrected chi connectivity index (χ3v) is 5.09. The van der Waals surface area contributed by atoms with E-state index in [1.54, 1.807) is 0 Å². The van der Waals surface area contributed by atoms with Gasteiger partial charge >= 0.3 is 6.03 Å². The third kappa shape index (κ3) is 4.22. The molecule has 0 radical (unpaired) electrons. The molecule has 2 amide bonds. The Morgan fingerprint density at radius 2 is 1.74 bits per heavy atom. The van der Waals surface area contributed by atoms with Crippen LogP contribution in [0.15, 0.2) is 42.5 Å². The molecule has 5 nitrogen and oxygen atoms in total. The molecule has 27 heavy (non-hydrogen) atoms. The molecule has 3 rings (SSSR count). The van der Waals surface area contributed by atoms with Crippen LogP contribution in [0.3, 0.4) is 0 Å². The lowest BCUT2D eigenvalue weighted by atomic mass is 9.98. The standard InChI is InChI=1S/C22H26N4O/c1-16(2)20-6-4-5-17(3)21(20)24-22(27)26-13-11-25(12-14-26)19-9-7-18(15-23)8-10-19/h4-10,16H,11-14H2,1-3H3,(H,24,27). The molecular formula is C22H26N4O. The van der Waals surface area contributed by atoms with Gasteiger partial charge in [0.15, 0.2) is 0 Å². The molecule has 0 atom stereocenters. The number of rotatable bonds is 3. The predicted octanol–water partition coefficient (Wildman–Crippen LogP) is 4.34. The zero-order valence-corrected chi connectivity index (χ0v) is 16.2. The Morgan fingerprint density at radius 1 is 1.07 bits per heavy atom. The molecule has 0 bridgehead atoms. The molecule has 1 N–H and O–H groups in total. The molecule has 2 aromatic rings. The zero-order valence-electron chi connectivity index (χ0n) is 16.2. The topological polar surface area (TPSA) is 59.4 Å². The van der Waals surface area contributed by atoms with E-state index in [0.717, 1.165) is 30.0 Å². The van der Waals surface area contributed by atoms with E-state index in [4.69, 9.17) is 5.26 Å². The smallest absolute Gasteiger partial charge is 0.321 e. The lowest BCUT2D eigenvalue weighted by molar-refractivity contribution is 0.208. The molecule has 1 fully saturated rings. The maximum atomic E-state index is 12.8. The van der Waals surface area contributed by atoms with Crippen molar-refractivity contribution in [2.75, 3.05) is 36.4 Å². The molecule has 1 aliphatic rings. The monoisotopic (exact) mass is 362 g/mol. The van der Waals surface area contributed by atoms with Crippen LogP contribution >= 0.6 is 0 Å². The second-order valence-electron chi connectivity index (χ2n) is 7.26. The number of nitriles is 1. The maximum absolute atomic E-state index is 12.8. The molecule has 0 unspecified atom stereocenters. The number of aryl methyl sites for hydroxylation is 1. The van der Waals surface area contributed by atoms with Gasteiger partial charge in [-0.05, 0) is 48.2 Å². The van der Waals surface area contributed by atoms with Crippen molar-refractivity contribution in [3.05, 3.63) is 59.2 Å². The SMILES string of the molecule is Cc1cccc(C(C)C)c1NC(=O)N1CCN(c2ccc(C#N)cc2)CC1. The highest BCUT2D eigenvalue weighted by atomic mass is 16.2. The maximum Gasteiger partial charge on any atom is 0.321 e. The van der Waals surface area contributed by atoms with Crippen LogP contribution in [0.2, 0.25) is 0 Å². The fourth-order valence-corrected chi connectivity index (χ4v) is 3.44. The third-order valence-electron chi connectivity index (χ3n) is 5.09. The highest BCUT2D eigenvalue weighted by Crippen LogP contribution is 2.28. The van der Waals surface area contributed by atoms with Gasteiger partial charge in [-0.3, -0.25) is 0 Å². The van der Waals surface area contributed by atoms with Gasteiger partial charge in [0.1, 0.15) is 0 Å². The van der Waals surface area contributed by atoms with Crippen LogP contribution in [0.4, 0.5) is 16.2 Å². The first-order chi connectivity index (χ1) is 13.0. The van der Waals surface area contributed by atoms with Crippen molar-refractivity contribution in [3.8, 4) is 6.07 Å². The molecule has 140 valence electrons. The summed E-state index contributed by atoms with van der Waals surface area (Å²) in [6.45, 7) is 9.23. The van der Waals surface area contributed by atoms with E-state index < -0.39 is 0 Å². The summed E-state index contributed by atoms with van der Waals surface area (Å²) in [6.07, 6.45) is 0. The van der Waals surface area contributed by atoms with Gasteiger partial charge in [0, 0.05) is 37.6 Å². The summed E-state index contributed by atoms with van der Waals surface area (Å²) in [5.41, 5.74) is 4.95. The Bertz CT molecular complexity index is 844. The number of hydrogen-bond acceptors (Lipinski definition) is 3. The number of nitrogens with zero attached hydrogens (tertiary/aromatic N) is 3. The van der Waals surface area contributed by atoms with E-state index in [2.05, 4.69) is 36.2 Å². The van der Waals surface area contributed by atoms with Crippen LogP contribution in [0.5, 0.6) is 0 Å². The second-order valence-corrected chi connectivity index (χ2v) is 7.26. The van der Waals surface area contributed by atoms with Crippen molar-refractivity contribution < 1.29 is 4.79 Å². The van der Waals surface area contributed by atoms with Crippen LogP contribution < -0.4 is 10.2 Å². The normalized spacial score (nSPS) is 14.2. The Balaban J connectivity index is 1.63. The number of urea groups is 1. The molecule has 1 aliphatic heterocycles. The molecule has 0 aromatic heterocycles. The Hall–Kier alpha value is -3.00. The first-order valence-corrected chi connectivity index (χ1v) is 9.40. The molecular weight excluding hydrogens is 336 g/mol. The minimum atomic E-state index is -0.0364. The van der Waals surface area contributed by atoms with Gasteiger partial charge in [0.2, 0.25) is 0 Å². The van der Waals surface area contributed by atoms with Gasteiger partial charge in [-0.1, -0.05) is 32.0 Å². The number of piperazine rings is 1. The van der Waals surface area contributed by atoms with Crippen molar-refractivity contribution in [3.63, 3.8) is 0 Å². The van der Waals surface area contributed by atoms with Gasteiger partial charge in [-0.25, -0.2) is 4.79 Å². The number of nitrogens with one attached hydrogen (secondary N) is 1. The van der Waals surface area contributed by atoms with Crippen molar-refractivity contribution in [1.82, 2.24) is 4.90 Å². The van der Waals surface area contributed by atoms with E-state index >= 15 is 0 Å². The van der Waals surface area contributed by atoms with Crippen LogP contribution in [0.25, 0.3) is 0 Å². The number of carbonyl (C=O) groups is 1. The van der Waals surface area contributed by atoms with Crippen molar-refractivity contribution >= 4 is 17.4 Å². The fraction of sp³-hybridized carbons (Fsp3) is 0.364. The molecule has 0 saturated carbocycles. The Morgan fingerprint density at radius 3 is 2.33 bits per heavy atom. The summed E-state index contributed by atoms with van der Waals surface area (Å²) in [5, 5.41) is 12.0. The predicted molar refractivity (Wildman–Crippen MR) is 109 cm³/mol. The number of benzene rings is 2. The summed E-state index contributed by atoms with van der Waals surface area (Å²) >= 11 is 0. The first kappa shape index (κ1) is 18.8. The highest BCUT2D eigenvalue weighted by Gasteiger charge is 2.22. The van der Waals surface area contributed by atoms with E-state index in [-0.39, 0.29) is 6.03 Å². The zero-order chi connectivity index (χ0) is 19.4. The minimum absolute atomic E-state index is 0.0364. The molecule has 1 saturated heterocycles. The molecule has 1 heterocycles. The van der Waals surface area contributed by atoms with Gasteiger partial charge in [0.25, 0.3) is 0 Å². The van der Waals surface area contributed by atoms with Crippen LogP contribution in [0.1, 0.15) is 36.5 Å². The number of para-hydroxylation sites is 1. The van der Waals surface area contributed by atoms with Crippen molar-refractivity contribution in [2.24, 2.45) is 0 Å². The van der Waals surface area contributed by atoms with Crippen LogP contribution in [-0.2, 0) is 0 Å². The first-order valence-electron chi connectivity index (χ1n) is 9.40. The average molecular weight is 362 g/mol. The summed E-state index contributed by atoms with van der Waals surface area (Å²) in [5.74, 6) is 0.355. The molecule has 0 aliphatic carbocycles. The summed E-state index contributed by atoms with van der Waals surface area (Å²) < 4.78 is 0. The summed E-state index contributed by atoms with van der Waals surface area (Å²) in [6, 6.07) is 15.9. The van der Waals surface area contributed by atoms with Crippen molar-refractivity contribution in [2.45, 2.75) is 26.7 Å². The van der Waals surface area contributed by atoms with Crippen molar-refractivity contribution in [1.29, 1.82) is 5.26 Å². The van der Waals surface area contributed by atoms with E-state index in [9.17, 15) is 4.79 Å². The quantitative estimate of drug-likeness (QED) is 0.883. The molecule has 5 heteroatoms. The lowest BCUT2D eigenvalue weighted by Gasteiger charge is -2.36. The minimum Gasteiger partial charge on any atom is -0.368 e. The number of amides is 2. The summed E-state index contributed by atoms with van der Waals surface area (Å²) in [4.78, 5) is 16.9. The average Bonchev–Trinajstić information content (AvgIpc) is 2.69. The fourth-order valence-electron chi connectivity index (χ4n) is 3.44. The van der Waals surface area contributed by atoms with Gasteiger partial charge < -0.3 is 15.1 Å². The van der Waals surface area contributed by atoms with E-state index in [1.807, 2.05) is 48.2 Å².